The third-order valence-electron chi connectivity index (χ3n) is 7.72. The first kappa shape index (κ1) is 22.0. The lowest BCUT2D eigenvalue weighted by Crippen LogP contribution is -2.56. The normalized spacial score (nSPS) is 24.2. The van der Waals surface area contributed by atoms with Crippen LogP contribution in [-0.2, 0) is 17.8 Å². The number of hydrogen-bond acceptors (Lipinski definition) is 4. The molecule has 0 spiro atoms. The van der Waals surface area contributed by atoms with E-state index in [4.69, 9.17) is 0 Å². The summed E-state index contributed by atoms with van der Waals surface area (Å²) in [4.78, 5) is 30.0. The Hall–Kier alpha value is -2.86. The van der Waals surface area contributed by atoms with Crippen molar-refractivity contribution in [2.24, 2.45) is 5.92 Å². The van der Waals surface area contributed by atoms with Crippen LogP contribution in [0.15, 0.2) is 54.6 Å². The summed E-state index contributed by atoms with van der Waals surface area (Å²) < 4.78 is 0. The molecular formula is C27H34N4O2. The van der Waals surface area contributed by atoms with Crippen molar-refractivity contribution in [2.75, 3.05) is 31.1 Å². The largest absolute Gasteiger partial charge is 0.372 e. The van der Waals surface area contributed by atoms with E-state index in [-0.39, 0.29) is 17.9 Å². The minimum atomic E-state index is -0.795. The maximum Gasteiger partial charge on any atom is 0.322 e. The van der Waals surface area contributed by atoms with E-state index in [9.17, 15) is 9.59 Å². The van der Waals surface area contributed by atoms with Crippen molar-refractivity contribution in [3.8, 4) is 0 Å². The molecule has 6 heteroatoms. The predicted molar refractivity (Wildman–Crippen MR) is 130 cm³/mol. The second-order valence-electron chi connectivity index (χ2n) is 9.78. The van der Waals surface area contributed by atoms with E-state index in [0.717, 1.165) is 38.9 Å². The first-order valence-corrected chi connectivity index (χ1v) is 12.4. The number of carbonyl (C=O) groups is 2. The van der Waals surface area contributed by atoms with Gasteiger partial charge in [-0.2, -0.15) is 0 Å². The molecule has 5 rings (SSSR count). The molecule has 3 aliphatic rings. The monoisotopic (exact) mass is 446 g/mol. The van der Waals surface area contributed by atoms with E-state index in [1.54, 1.807) is 0 Å². The molecule has 6 nitrogen and oxygen atoms in total. The molecule has 3 amide bonds. The molecule has 3 saturated heterocycles. The van der Waals surface area contributed by atoms with Crippen LogP contribution in [0.5, 0.6) is 0 Å². The minimum Gasteiger partial charge on any atom is -0.372 e. The van der Waals surface area contributed by atoms with Gasteiger partial charge in [-0.25, -0.2) is 4.79 Å². The number of likely N-dealkylation sites (tertiary alicyclic amines) is 1. The smallest absolute Gasteiger partial charge is 0.322 e. The lowest BCUT2D eigenvalue weighted by Gasteiger charge is -2.40. The average Bonchev–Trinajstić information content (AvgIpc) is 3.48. The van der Waals surface area contributed by atoms with E-state index in [0.29, 0.717) is 6.42 Å². The Balaban J connectivity index is 1.20. The number of hydrogen-bond donors (Lipinski definition) is 2. The van der Waals surface area contributed by atoms with Gasteiger partial charge in [0.25, 0.3) is 5.91 Å². The second kappa shape index (κ2) is 9.56. The highest BCUT2D eigenvalue weighted by Gasteiger charge is 2.51. The molecule has 3 fully saturated rings. The molecule has 0 bridgehead atoms. The Morgan fingerprint density at radius 2 is 1.55 bits per heavy atom. The van der Waals surface area contributed by atoms with Crippen molar-refractivity contribution in [2.45, 2.75) is 50.6 Å². The number of urea groups is 1. The summed E-state index contributed by atoms with van der Waals surface area (Å²) in [6.07, 6.45) is 5.82. The van der Waals surface area contributed by atoms with Gasteiger partial charge in [0.05, 0.1) is 0 Å². The maximum absolute atomic E-state index is 12.9. The van der Waals surface area contributed by atoms with Crippen molar-refractivity contribution in [1.29, 1.82) is 0 Å². The SMILES string of the molecule is O=C1NC(=O)C(CCc2ccccc2)(C2CCN(Cc3ccc(N4CCCC4)cc3)CC2)N1. The van der Waals surface area contributed by atoms with Gasteiger partial charge in [0.15, 0.2) is 0 Å². The van der Waals surface area contributed by atoms with Crippen LogP contribution in [0.3, 0.4) is 0 Å². The van der Waals surface area contributed by atoms with Crippen molar-refractivity contribution in [1.82, 2.24) is 15.5 Å². The van der Waals surface area contributed by atoms with Gasteiger partial charge in [0.1, 0.15) is 5.54 Å². The average molecular weight is 447 g/mol. The van der Waals surface area contributed by atoms with Gasteiger partial charge < -0.3 is 10.2 Å². The fraction of sp³-hybridized carbons (Fsp3) is 0.481. The fourth-order valence-electron chi connectivity index (χ4n) is 5.79. The van der Waals surface area contributed by atoms with Crippen LogP contribution in [0.2, 0.25) is 0 Å². The van der Waals surface area contributed by atoms with Gasteiger partial charge in [-0.1, -0.05) is 42.5 Å². The summed E-state index contributed by atoms with van der Waals surface area (Å²) in [7, 11) is 0. The molecule has 2 N–H and O–H groups in total. The quantitative estimate of drug-likeness (QED) is 0.637. The molecule has 0 saturated carbocycles. The fourth-order valence-corrected chi connectivity index (χ4v) is 5.79. The molecule has 174 valence electrons. The predicted octanol–water partition coefficient (Wildman–Crippen LogP) is 3.71. The summed E-state index contributed by atoms with van der Waals surface area (Å²) in [6.45, 7) is 5.15. The first-order valence-electron chi connectivity index (χ1n) is 12.4. The molecule has 33 heavy (non-hydrogen) atoms. The number of nitrogens with one attached hydrogen (secondary N) is 2. The Labute approximate surface area is 196 Å². The number of amides is 3. The minimum absolute atomic E-state index is 0.153. The zero-order valence-corrected chi connectivity index (χ0v) is 19.3. The number of carbonyl (C=O) groups excluding carboxylic acids is 2. The lowest BCUT2D eigenvalue weighted by molar-refractivity contribution is -0.127. The Morgan fingerprint density at radius 1 is 0.848 bits per heavy atom. The van der Waals surface area contributed by atoms with Crippen LogP contribution in [0.4, 0.5) is 10.5 Å². The second-order valence-corrected chi connectivity index (χ2v) is 9.78. The van der Waals surface area contributed by atoms with Crippen molar-refractivity contribution in [3.63, 3.8) is 0 Å². The van der Waals surface area contributed by atoms with E-state index in [1.165, 1.54) is 42.7 Å². The molecule has 0 radical (unpaired) electrons. The number of nitrogens with zero attached hydrogens (tertiary/aromatic N) is 2. The summed E-state index contributed by atoms with van der Waals surface area (Å²) in [5.74, 6) is 0.000775. The zero-order valence-electron chi connectivity index (χ0n) is 19.3. The number of aryl methyl sites for hydroxylation is 1. The van der Waals surface area contributed by atoms with Crippen LogP contribution >= 0.6 is 0 Å². The van der Waals surface area contributed by atoms with Gasteiger partial charge >= 0.3 is 6.03 Å². The highest BCUT2D eigenvalue weighted by Crippen LogP contribution is 2.35. The van der Waals surface area contributed by atoms with Crippen molar-refractivity contribution < 1.29 is 9.59 Å². The Bertz CT molecular complexity index is 963. The van der Waals surface area contributed by atoms with Crippen LogP contribution in [0, 0.1) is 5.92 Å². The van der Waals surface area contributed by atoms with E-state index >= 15 is 0 Å². The number of imide groups is 1. The maximum atomic E-state index is 12.9. The highest BCUT2D eigenvalue weighted by atomic mass is 16.2. The van der Waals surface area contributed by atoms with E-state index in [2.05, 4.69) is 56.8 Å². The van der Waals surface area contributed by atoms with Crippen LogP contribution < -0.4 is 15.5 Å². The number of rotatable bonds is 7. The number of anilines is 1. The summed E-state index contributed by atoms with van der Waals surface area (Å²) in [5.41, 5.74) is 3.07. The standard InChI is InChI=1S/C27H34N4O2/c32-25-27(29-26(33)28-25,15-12-21-6-2-1-3-7-21)23-13-18-30(19-14-23)20-22-8-10-24(11-9-22)31-16-4-5-17-31/h1-3,6-11,23H,4-5,12-20H2,(H2,28,29,32,33). The molecule has 3 heterocycles. The third-order valence-corrected chi connectivity index (χ3v) is 7.72. The molecule has 2 aromatic carbocycles. The van der Waals surface area contributed by atoms with Gasteiger partial charge in [-0.15, -0.1) is 0 Å². The molecule has 1 unspecified atom stereocenters. The van der Waals surface area contributed by atoms with Gasteiger partial charge in [0.2, 0.25) is 0 Å². The lowest BCUT2D eigenvalue weighted by atomic mass is 9.74. The zero-order chi connectivity index (χ0) is 22.7. The summed E-state index contributed by atoms with van der Waals surface area (Å²) >= 11 is 0. The molecule has 1 atom stereocenters. The van der Waals surface area contributed by atoms with E-state index < -0.39 is 5.54 Å². The third kappa shape index (κ3) is 4.76. The van der Waals surface area contributed by atoms with Crippen LogP contribution in [0.1, 0.15) is 43.2 Å². The molecule has 3 aliphatic heterocycles. The number of piperidine rings is 1. The van der Waals surface area contributed by atoms with Crippen molar-refractivity contribution >= 4 is 17.6 Å². The Kier molecular flexibility index (Phi) is 6.36. The van der Waals surface area contributed by atoms with Gasteiger partial charge in [0, 0.05) is 25.3 Å². The molecular weight excluding hydrogens is 412 g/mol. The highest BCUT2D eigenvalue weighted by molar-refractivity contribution is 6.07. The summed E-state index contributed by atoms with van der Waals surface area (Å²) in [6, 6.07) is 18.9. The Morgan fingerprint density at radius 3 is 2.18 bits per heavy atom. The van der Waals surface area contributed by atoms with Gasteiger partial charge in [-0.05, 0) is 80.8 Å². The molecule has 2 aromatic rings. The van der Waals surface area contributed by atoms with E-state index in [1.807, 2.05) is 18.2 Å². The van der Waals surface area contributed by atoms with Crippen molar-refractivity contribution in [3.05, 3.63) is 65.7 Å². The topological polar surface area (TPSA) is 64.7 Å². The number of benzene rings is 2. The molecule has 0 aliphatic carbocycles. The van der Waals surface area contributed by atoms with Gasteiger partial charge in [-0.3, -0.25) is 15.0 Å². The van der Waals surface area contributed by atoms with Crippen LogP contribution in [0.25, 0.3) is 0 Å². The van der Waals surface area contributed by atoms with Crippen LogP contribution in [-0.4, -0.2) is 48.6 Å². The summed E-state index contributed by atoms with van der Waals surface area (Å²) in [5, 5.41) is 5.55. The first-order chi connectivity index (χ1) is 16.1. The molecule has 0 aromatic heterocycles.